The molecule has 0 heterocycles. The summed E-state index contributed by atoms with van der Waals surface area (Å²) in [5.41, 5.74) is 0.484. The van der Waals surface area contributed by atoms with Crippen LogP contribution in [-0.4, -0.2) is 45.8 Å². The second-order valence-corrected chi connectivity index (χ2v) is 16.5. The van der Waals surface area contributed by atoms with Gasteiger partial charge in [-0.3, -0.25) is 0 Å². The SMILES string of the molecule is CC(C)(C)[Si](C)(C)OCC(CO[C@@H]1CCC[C@H](OC(=O)c2ccccc2)C1)OCc1ccc(C(F)(F)F)cc1. The Bertz CT molecular complexity index is 1040. The molecule has 3 rings (SSSR count). The Hall–Kier alpha value is -2.20. The van der Waals surface area contributed by atoms with Crippen molar-refractivity contribution in [1.29, 1.82) is 0 Å². The Morgan fingerprint density at radius 2 is 1.59 bits per heavy atom. The van der Waals surface area contributed by atoms with Crippen molar-refractivity contribution < 1.29 is 36.6 Å². The van der Waals surface area contributed by atoms with Crippen LogP contribution in [0.3, 0.4) is 0 Å². The second kappa shape index (κ2) is 13.4. The summed E-state index contributed by atoms with van der Waals surface area (Å²) in [6.07, 6.45) is -1.94. The highest BCUT2D eigenvalue weighted by Gasteiger charge is 2.38. The number of hydrogen-bond donors (Lipinski definition) is 0. The number of carbonyl (C=O) groups is 1. The van der Waals surface area contributed by atoms with Crippen molar-refractivity contribution in [2.75, 3.05) is 13.2 Å². The number of esters is 1. The summed E-state index contributed by atoms with van der Waals surface area (Å²) in [4.78, 5) is 12.5. The van der Waals surface area contributed by atoms with E-state index in [9.17, 15) is 18.0 Å². The minimum atomic E-state index is -4.37. The van der Waals surface area contributed by atoms with Crippen LogP contribution in [-0.2, 0) is 31.4 Å². The van der Waals surface area contributed by atoms with Crippen molar-refractivity contribution in [3.8, 4) is 0 Å². The van der Waals surface area contributed by atoms with Gasteiger partial charge in [0.15, 0.2) is 8.32 Å². The molecule has 2 aromatic rings. The molecule has 0 aliphatic heterocycles. The van der Waals surface area contributed by atoms with Gasteiger partial charge in [-0.15, -0.1) is 0 Å². The first-order chi connectivity index (χ1) is 18.2. The third-order valence-corrected chi connectivity index (χ3v) is 12.1. The van der Waals surface area contributed by atoms with Crippen molar-refractivity contribution in [3.05, 3.63) is 71.3 Å². The van der Waals surface area contributed by atoms with E-state index in [-0.39, 0.29) is 36.4 Å². The Balaban J connectivity index is 1.58. The third-order valence-electron chi connectivity index (χ3n) is 7.58. The lowest BCUT2D eigenvalue weighted by Crippen LogP contribution is -2.44. The van der Waals surface area contributed by atoms with Gasteiger partial charge in [0.05, 0.1) is 37.1 Å². The third kappa shape index (κ3) is 9.74. The molecule has 0 aromatic heterocycles. The quantitative estimate of drug-likeness (QED) is 0.205. The molecule has 0 N–H and O–H groups in total. The van der Waals surface area contributed by atoms with Gasteiger partial charge in [0, 0.05) is 6.42 Å². The number of carbonyl (C=O) groups excluding carboxylic acids is 1. The van der Waals surface area contributed by atoms with Crippen molar-refractivity contribution in [2.45, 2.75) is 95.7 Å². The predicted molar refractivity (Wildman–Crippen MR) is 147 cm³/mol. The van der Waals surface area contributed by atoms with Gasteiger partial charge in [-0.25, -0.2) is 4.79 Å². The molecule has 1 saturated carbocycles. The van der Waals surface area contributed by atoms with E-state index in [0.717, 1.165) is 31.4 Å². The van der Waals surface area contributed by atoms with Crippen LogP contribution < -0.4 is 0 Å². The van der Waals surface area contributed by atoms with E-state index in [1.807, 2.05) is 6.07 Å². The predicted octanol–water partition coefficient (Wildman–Crippen LogP) is 7.80. The number of ether oxygens (including phenoxy) is 3. The molecule has 1 aliphatic carbocycles. The molecule has 1 aliphatic rings. The minimum absolute atomic E-state index is 0.0189. The number of hydrogen-bond acceptors (Lipinski definition) is 5. The smallest absolute Gasteiger partial charge is 0.416 e. The molecule has 0 saturated heterocycles. The van der Waals surface area contributed by atoms with Gasteiger partial charge in [-0.2, -0.15) is 13.2 Å². The molecule has 0 bridgehead atoms. The summed E-state index contributed by atoms with van der Waals surface area (Å²) in [5.74, 6) is -0.332. The van der Waals surface area contributed by atoms with Crippen LogP contribution in [0.25, 0.3) is 0 Å². The monoisotopic (exact) mass is 566 g/mol. The summed E-state index contributed by atoms with van der Waals surface area (Å²) in [7, 11) is -2.05. The first kappa shape index (κ1) is 31.3. The molecule has 3 atom stereocenters. The van der Waals surface area contributed by atoms with Crippen LogP contribution in [0.4, 0.5) is 13.2 Å². The largest absolute Gasteiger partial charge is 0.459 e. The highest BCUT2D eigenvalue weighted by Crippen LogP contribution is 2.37. The van der Waals surface area contributed by atoms with Gasteiger partial charge in [-0.05, 0) is 67.2 Å². The maximum Gasteiger partial charge on any atom is 0.416 e. The van der Waals surface area contributed by atoms with Gasteiger partial charge >= 0.3 is 12.1 Å². The van der Waals surface area contributed by atoms with Crippen molar-refractivity contribution in [3.63, 3.8) is 0 Å². The lowest BCUT2D eigenvalue weighted by molar-refractivity contribution is -0.137. The molecule has 1 unspecified atom stereocenters. The molecular weight excluding hydrogens is 525 g/mol. The molecule has 5 nitrogen and oxygen atoms in total. The molecule has 0 radical (unpaired) electrons. The summed E-state index contributed by atoms with van der Waals surface area (Å²) in [6, 6.07) is 13.9. The fraction of sp³-hybridized carbons (Fsp3) is 0.567. The molecule has 0 spiro atoms. The van der Waals surface area contributed by atoms with Crippen LogP contribution in [0.5, 0.6) is 0 Å². The standard InChI is InChI=1S/C30H41F3O5Si/c1-29(2,3)39(4,5)37-21-27(35-19-22-14-16-24(17-15-22)30(31,32)33)20-36-25-12-9-13-26(18-25)38-28(34)23-10-7-6-8-11-23/h6-8,10-11,14-17,25-27H,9,12-13,18-21H2,1-5H3/t25-,26+,27?/m1/s1. The van der Waals surface area contributed by atoms with Crippen molar-refractivity contribution >= 4 is 14.3 Å². The van der Waals surface area contributed by atoms with Gasteiger partial charge in [-0.1, -0.05) is 51.1 Å². The average Bonchev–Trinajstić information content (AvgIpc) is 2.88. The fourth-order valence-corrected chi connectivity index (χ4v) is 5.10. The average molecular weight is 567 g/mol. The first-order valence-corrected chi connectivity index (χ1v) is 16.4. The van der Waals surface area contributed by atoms with E-state index in [4.69, 9.17) is 18.6 Å². The summed E-state index contributed by atoms with van der Waals surface area (Å²) < 4.78 is 63.2. The molecule has 1 fully saturated rings. The molecule has 39 heavy (non-hydrogen) atoms. The number of benzene rings is 2. The number of alkyl halides is 3. The van der Waals surface area contributed by atoms with Gasteiger partial charge < -0.3 is 18.6 Å². The summed E-state index contributed by atoms with van der Waals surface area (Å²) in [5, 5.41) is 0.0189. The summed E-state index contributed by atoms with van der Waals surface area (Å²) >= 11 is 0. The van der Waals surface area contributed by atoms with Gasteiger partial charge in [0.1, 0.15) is 12.2 Å². The van der Waals surface area contributed by atoms with E-state index in [1.54, 1.807) is 24.3 Å². The highest BCUT2D eigenvalue weighted by atomic mass is 28.4. The lowest BCUT2D eigenvalue weighted by atomic mass is 9.94. The first-order valence-electron chi connectivity index (χ1n) is 13.5. The Labute approximate surface area is 231 Å². The normalized spacial score (nSPS) is 19.5. The van der Waals surface area contributed by atoms with Gasteiger partial charge in [0.25, 0.3) is 0 Å². The zero-order valence-electron chi connectivity index (χ0n) is 23.6. The van der Waals surface area contributed by atoms with Crippen molar-refractivity contribution in [1.82, 2.24) is 0 Å². The fourth-order valence-electron chi connectivity index (χ4n) is 4.06. The van der Waals surface area contributed by atoms with E-state index in [1.165, 1.54) is 12.1 Å². The Morgan fingerprint density at radius 3 is 2.21 bits per heavy atom. The molecular formula is C30H41F3O5Si. The van der Waals surface area contributed by atoms with E-state index in [0.29, 0.717) is 24.2 Å². The lowest BCUT2D eigenvalue weighted by Gasteiger charge is -2.37. The van der Waals surface area contributed by atoms with Crippen molar-refractivity contribution in [2.24, 2.45) is 0 Å². The van der Waals surface area contributed by atoms with E-state index >= 15 is 0 Å². The number of halogens is 3. The van der Waals surface area contributed by atoms with E-state index in [2.05, 4.69) is 33.9 Å². The molecule has 0 amide bonds. The second-order valence-electron chi connectivity index (χ2n) is 11.7. The van der Waals surface area contributed by atoms with Crippen LogP contribution in [0.1, 0.15) is 67.9 Å². The van der Waals surface area contributed by atoms with Crippen LogP contribution >= 0.6 is 0 Å². The van der Waals surface area contributed by atoms with E-state index < -0.39 is 26.2 Å². The van der Waals surface area contributed by atoms with Crippen LogP contribution in [0, 0.1) is 0 Å². The van der Waals surface area contributed by atoms with Crippen LogP contribution in [0.2, 0.25) is 18.1 Å². The summed E-state index contributed by atoms with van der Waals surface area (Å²) in [6.45, 7) is 11.6. The zero-order chi connectivity index (χ0) is 28.7. The maximum atomic E-state index is 12.9. The van der Waals surface area contributed by atoms with Gasteiger partial charge in [0.2, 0.25) is 0 Å². The highest BCUT2D eigenvalue weighted by molar-refractivity contribution is 6.74. The number of rotatable bonds is 11. The molecule has 9 heteroatoms. The zero-order valence-corrected chi connectivity index (χ0v) is 24.6. The maximum absolute atomic E-state index is 12.9. The molecule has 2 aromatic carbocycles. The van der Waals surface area contributed by atoms with Crippen LogP contribution in [0.15, 0.2) is 54.6 Å². The Kier molecular flexibility index (Phi) is 10.8. The minimum Gasteiger partial charge on any atom is -0.459 e. The molecule has 216 valence electrons. The topological polar surface area (TPSA) is 54.0 Å². The Morgan fingerprint density at radius 1 is 0.949 bits per heavy atom.